The van der Waals surface area contributed by atoms with E-state index in [9.17, 15) is 17.6 Å². The van der Waals surface area contributed by atoms with Gasteiger partial charge in [-0.15, -0.1) is 13.2 Å². The Morgan fingerprint density at radius 3 is 2.65 bits per heavy atom. The summed E-state index contributed by atoms with van der Waals surface area (Å²) in [4.78, 5) is 7.62. The van der Waals surface area contributed by atoms with Crippen molar-refractivity contribution in [1.82, 2.24) is 4.98 Å². The molecule has 0 saturated heterocycles. The fourth-order valence-electron chi connectivity index (χ4n) is 1.66. The van der Waals surface area contributed by atoms with Gasteiger partial charge in [-0.1, -0.05) is 12.1 Å². The lowest BCUT2D eigenvalue weighted by Gasteiger charge is -2.14. The Kier molecular flexibility index (Phi) is 4.99. The van der Waals surface area contributed by atoms with Crippen LogP contribution in [0.5, 0.6) is 5.75 Å². The molecule has 23 heavy (non-hydrogen) atoms. The third-order valence-electron chi connectivity index (χ3n) is 2.61. The molecule has 0 atom stereocenters. The zero-order valence-corrected chi connectivity index (χ0v) is 11.6. The molecule has 0 aliphatic heterocycles. The van der Waals surface area contributed by atoms with E-state index < -0.39 is 17.9 Å². The molecule has 0 saturated carbocycles. The molecule has 5 nitrogen and oxygen atoms in total. The number of rotatable bonds is 4. The van der Waals surface area contributed by atoms with E-state index in [0.29, 0.717) is 0 Å². The highest BCUT2D eigenvalue weighted by molar-refractivity contribution is 5.93. The number of anilines is 1. The van der Waals surface area contributed by atoms with Crippen LogP contribution in [0.25, 0.3) is 0 Å². The third-order valence-corrected chi connectivity index (χ3v) is 2.61. The Labute approximate surface area is 128 Å². The van der Waals surface area contributed by atoms with E-state index in [1.54, 1.807) is 0 Å². The Morgan fingerprint density at radius 1 is 1.22 bits per heavy atom. The summed E-state index contributed by atoms with van der Waals surface area (Å²) >= 11 is 0. The molecule has 3 N–H and O–H groups in total. The van der Waals surface area contributed by atoms with Crippen LogP contribution in [0, 0.1) is 5.82 Å². The van der Waals surface area contributed by atoms with E-state index in [-0.39, 0.29) is 23.9 Å². The molecule has 0 amide bonds. The minimum Gasteiger partial charge on any atom is -0.404 e. The van der Waals surface area contributed by atoms with E-state index in [1.165, 1.54) is 36.5 Å². The predicted molar refractivity (Wildman–Crippen MR) is 76.3 cm³/mol. The van der Waals surface area contributed by atoms with Crippen LogP contribution in [0.4, 0.5) is 23.2 Å². The quantitative estimate of drug-likeness (QED) is 0.514. The molecule has 0 aliphatic rings. The van der Waals surface area contributed by atoms with Gasteiger partial charge >= 0.3 is 6.36 Å². The Bertz CT molecular complexity index is 703. The molecule has 9 heteroatoms. The number of halogens is 4. The fourth-order valence-corrected chi connectivity index (χ4v) is 1.66. The van der Waals surface area contributed by atoms with Crippen molar-refractivity contribution in [2.75, 3.05) is 5.32 Å². The molecule has 1 aromatic carbocycles. The predicted octanol–water partition coefficient (Wildman–Crippen LogP) is 3.05. The summed E-state index contributed by atoms with van der Waals surface area (Å²) in [7, 11) is 0. The largest absolute Gasteiger partial charge is 0.573 e. The third kappa shape index (κ3) is 5.13. The average molecular weight is 328 g/mol. The average Bonchev–Trinajstić information content (AvgIpc) is 2.47. The Balaban J connectivity index is 2.10. The Hall–Kier alpha value is -2.84. The van der Waals surface area contributed by atoms with Crippen LogP contribution < -0.4 is 15.8 Å². The molecule has 122 valence electrons. The number of guanidine groups is 1. The lowest BCUT2D eigenvalue weighted by Crippen LogP contribution is -2.24. The molecule has 1 aromatic heterocycles. The number of pyridine rings is 1. The molecule has 0 radical (unpaired) electrons. The van der Waals surface area contributed by atoms with Crippen LogP contribution in [0.1, 0.15) is 5.69 Å². The van der Waals surface area contributed by atoms with E-state index in [1.807, 2.05) is 0 Å². The van der Waals surface area contributed by atoms with Crippen molar-refractivity contribution in [3.05, 3.63) is 54.1 Å². The van der Waals surface area contributed by atoms with Gasteiger partial charge in [-0.05, 0) is 24.3 Å². The highest BCUT2D eigenvalue weighted by atomic mass is 19.4. The maximum atomic E-state index is 13.4. The summed E-state index contributed by atoms with van der Waals surface area (Å²) in [5, 5.41) is 2.48. The Morgan fingerprint density at radius 2 is 1.96 bits per heavy atom. The van der Waals surface area contributed by atoms with Crippen LogP contribution >= 0.6 is 0 Å². The van der Waals surface area contributed by atoms with Gasteiger partial charge in [-0.25, -0.2) is 9.38 Å². The first kappa shape index (κ1) is 16.5. The summed E-state index contributed by atoms with van der Waals surface area (Å²) in [5.74, 6) is -1.21. The summed E-state index contributed by atoms with van der Waals surface area (Å²) in [6.45, 7) is -0.159. The molecular formula is C14H12F4N4O. The molecule has 0 fully saturated rings. The van der Waals surface area contributed by atoms with Crippen molar-refractivity contribution in [1.29, 1.82) is 0 Å². The van der Waals surface area contributed by atoms with Gasteiger partial charge in [0.15, 0.2) is 11.7 Å². The zero-order chi connectivity index (χ0) is 16.9. The lowest BCUT2D eigenvalue weighted by atomic mass is 10.3. The SMILES string of the molecule is NC(=NCc1ncccc1F)Nc1ccccc1OC(F)(F)F. The van der Waals surface area contributed by atoms with Gasteiger partial charge in [0.25, 0.3) is 0 Å². The summed E-state index contributed by atoms with van der Waals surface area (Å²) in [5.41, 5.74) is 5.63. The van der Waals surface area contributed by atoms with E-state index >= 15 is 0 Å². The number of nitrogens with zero attached hydrogens (tertiary/aromatic N) is 2. The van der Waals surface area contributed by atoms with Crippen molar-refractivity contribution in [2.45, 2.75) is 12.9 Å². The first-order valence-corrected chi connectivity index (χ1v) is 6.36. The van der Waals surface area contributed by atoms with E-state index in [4.69, 9.17) is 5.73 Å². The minimum atomic E-state index is -4.83. The van der Waals surface area contributed by atoms with Crippen molar-refractivity contribution in [3.63, 3.8) is 0 Å². The van der Waals surface area contributed by atoms with Crippen molar-refractivity contribution in [2.24, 2.45) is 10.7 Å². The van der Waals surface area contributed by atoms with E-state index in [0.717, 1.165) is 6.07 Å². The van der Waals surface area contributed by atoms with Crippen LogP contribution in [0.3, 0.4) is 0 Å². The molecule has 0 spiro atoms. The number of nitrogens with one attached hydrogen (secondary N) is 1. The van der Waals surface area contributed by atoms with Crippen LogP contribution in [0.2, 0.25) is 0 Å². The number of hydrogen-bond donors (Lipinski definition) is 2. The number of ether oxygens (including phenoxy) is 1. The summed E-state index contributed by atoms with van der Waals surface area (Å²) in [6, 6.07) is 7.98. The zero-order valence-electron chi connectivity index (χ0n) is 11.6. The number of nitrogens with two attached hydrogens (primary N) is 1. The molecule has 0 aliphatic carbocycles. The fraction of sp³-hybridized carbons (Fsp3) is 0.143. The molecule has 2 rings (SSSR count). The maximum Gasteiger partial charge on any atom is 0.573 e. The second-order valence-corrected chi connectivity index (χ2v) is 4.30. The summed E-state index contributed by atoms with van der Waals surface area (Å²) in [6.07, 6.45) is -3.44. The van der Waals surface area contributed by atoms with Crippen molar-refractivity contribution >= 4 is 11.6 Å². The highest BCUT2D eigenvalue weighted by Gasteiger charge is 2.32. The van der Waals surface area contributed by atoms with E-state index in [2.05, 4.69) is 20.0 Å². The second kappa shape index (κ2) is 6.95. The second-order valence-electron chi connectivity index (χ2n) is 4.30. The number of aromatic nitrogens is 1. The van der Waals surface area contributed by atoms with Gasteiger partial charge in [-0.3, -0.25) is 4.98 Å². The highest BCUT2D eigenvalue weighted by Crippen LogP contribution is 2.29. The number of para-hydroxylation sites is 2. The summed E-state index contributed by atoms with van der Waals surface area (Å²) < 4.78 is 54.2. The van der Waals surface area contributed by atoms with Gasteiger partial charge < -0.3 is 15.8 Å². The molecule has 1 heterocycles. The standard InChI is InChI=1S/C14H12F4N4O/c15-9-4-3-7-20-11(9)8-21-13(19)22-10-5-1-2-6-12(10)23-14(16,17)18/h1-7H,8H2,(H3,19,21,22). The van der Waals surface area contributed by atoms with Gasteiger partial charge in [-0.2, -0.15) is 0 Å². The number of benzene rings is 1. The molecule has 0 unspecified atom stereocenters. The van der Waals surface area contributed by atoms with Gasteiger partial charge in [0.2, 0.25) is 0 Å². The molecule has 2 aromatic rings. The minimum absolute atomic E-state index is 0.0208. The van der Waals surface area contributed by atoms with Gasteiger partial charge in [0, 0.05) is 6.20 Å². The molecule has 0 bridgehead atoms. The monoisotopic (exact) mass is 328 g/mol. The number of aliphatic imine (C=N–C) groups is 1. The normalized spacial score (nSPS) is 12.1. The topological polar surface area (TPSA) is 72.5 Å². The van der Waals surface area contributed by atoms with Crippen molar-refractivity contribution in [3.8, 4) is 5.75 Å². The van der Waals surface area contributed by atoms with Gasteiger partial charge in [0.05, 0.1) is 17.9 Å². The van der Waals surface area contributed by atoms with Crippen molar-refractivity contribution < 1.29 is 22.3 Å². The lowest BCUT2D eigenvalue weighted by molar-refractivity contribution is -0.274. The van der Waals surface area contributed by atoms with Gasteiger partial charge in [0.1, 0.15) is 5.82 Å². The first-order valence-electron chi connectivity index (χ1n) is 6.36. The maximum absolute atomic E-state index is 13.4. The first-order chi connectivity index (χ1) is 10.8. The van der Waals surface area contributed by atoms with Crippen LogP contribution in [-0.2, 0) is 6.54 Å². The molecular weight excluding hydrogens is 316 g/mol. The number of hydrogen-bond acceptors (Lipinski definition) is 3. The smallest absolute Gasteiger partial charge is 0.404 e. The van der Waals surface area contributed by atoms with Crippen LogP contribution in [-0.4, -0.2) is 17.3 Å². The number of alkyl halides is 3. The van der Waals surface area contributed by atoms with Crippen LogP contribution in [0.15, 0.2) is 47.6 Å².